The first-order chi connectivity index (χ1) is 13.2. The first-order valence-electron chi connectivity index (χ1n) is 8.38. The number of pyridine rings is 2. The average molecular weight is 413 g/mol. The number of rotatable bonds is 8. The quantitative estimate of drug-likeness (QED) is 0.716. The molecule has 28 heavy (non-hydrogen) atoms. The van der Waals surface area contributed by atoms with E-state index in [-0.39, 0.29) is 34.6 Å². The number of alkyl halides is 2. The van der Waals surface area contributed by atoms with E-state index in [0.29, 0.717) is 5.56 Å². The molecule has 0 aliphatic carbocycles. The molecule has 1 unspecified atom stereocenters. The second-order valence-corrected chi connectivity index (χ2v) is 6.23. The molecule has 0 spiro atoms. The molecule has 2 amide bonds. The number of primary amides is 1. The molecule has 0 fully saturated rings. The van der Waals surface area contributed by atoms with Crippen molar-refractivity contribution in [3.63, 3.8) is 0 Å². The number of halogens is 3. The summed E-state index contributed by atoms with van der Waals surface area (Å²) in [5.41, 5.74) is 6.04. The van der Waals surface area contributed by atoms with E-state index in [1.54, 1.807) is 13.8 Å². The second kappa shape index (κ2) is 9.41. The van der Waals surface area contributed by atoms with Crippen LogP contribution >= 0.6 is 11.6 Å². The molecular weight excluding hydrogens is 394 g/mol. The van der Waals surface area contributed by atoms with Crippen LogP contribution in [-0.2, 0) is 4.79 Å². The molecule has 2 aromatic heterocycles. The monoisotopic (exact) mass is 412 g/mol. The molecule has 0 radical (unpaired) electrons. The van der Waals surface area contributed by atoms with Crippen molar-refractivity contribution in [2.75, 3.05) is 11.5 Å². The molecule has 10 heteroatoms. The summed E-state index contributed by atoms with van der Waals surface area (Å²) in [6, 6.07) is 3.78. The molecule has 2 N–H and O–H groups in total. The van der Waals surface area contributed by atoms with Gasteiger partial charge in [-0.2, -0.15) is 0 Å². The minimum absolute atomic E-state index is 0.0349. The van der Waals surface area contributed by atoms with E-state index in [9.17, 15) is 18.4 Å². The van der Waals surface area contributed by atoms with Crippen molar-refractivity contribution in [3.8, 4) is 5.88 Å². The van der Waals surface area contributed by atoms with Crippen LogP contribution in [0.25, 0.3) is 0 Å². The van der Waals surface area contributed by atoms with Crippen molar-refractivity contribution < 1.29 is 23.1 Å². The van der Waals surface area contributed by atoms with Crippen molar-refractivity contribution in [2.24, 2.45) is 5.73 Å². The number of amides is 2. The largest absolute Gasteiger partial charge is 0.471 e. The van der Waals surface area contributed by atoms with Crippen LogP contribution in [0.3, 0.4) is 0 Å². The summed E-state index contributed by atoms with van der Waals surface area (Å²) in [5, 5.41) is 0.0349. The first-order valence-corrected chi connectivity index (χ1v) is 8.76. The van der Waals surface area contributed by atoms with Gasteiger partial charge in [0.15, 0.2) is 6.61 Å². The third-order valence-electron chi connectivity index (χ3n) is 3.89. The van der Waals surface area contributed by atoms with E-state index in [2.05, 4.69) is 9.97 Å². The zero-order valence-electron chi connectivity index (χ0n) is 15.2. The topological polar surface area (TPSA) is 98.4 Å². The maximum Gasteiger partial charge on any atom is 0.272 e. The molecule has 0 aliphatic rings. The Balaban J connectivity index is 2.37. The van der Waals surface area contributed by atoms with Gasteiger partial charge >= 0.3 is 0 Å². The minimum atomic E-state index is -2.65. The standard InChI is InChI=1S/C18H19ClF2N4O3/c1-3-16(26)25(15-7-11(17(22)27)4-5-23-15)10(2)12-6-13(19)18(24-8-12)28-9-14(20)21/h4-8,10,14H,3,9H2,1-2H3,(H2,22,27). The summed E-state index contributed by atoms with van der Waals surface area (Å²) in [6.07, 6.45) is 0.289. The van der Waals surface area contributed by atoms with Gasteiger partial charge in [0.1, 0.15) is 10.8 Å². The van der Waals surface area contributed by atoms with Gasteiger partial charge in [0.25, 0.3) is 6.43 Å². The van der Waals surface area contributed by atoms with Gasteiger partial charge in [-0.05, 0) is 30.7 Å². The Bertz CT molecular complexity index is 866. The predicted octanol–water partition coefficient (Wildman–Crippen LogP) is 3.38. The lowest BCUT2D eigenvalue weighted by Crippen LogP contribution is -2.34. The summed E-state index contributed by atoms with van der Waals surface area (Å²) in [7, 11) is 0. The molecule has 0 aliphatic heterocycles. The maximum absolute atomic E-state index is 12.5. The fourth-order valence-corrected chi connectivity index (χ4v) is 2.71. The van der Waals surface area contributed by atoms with Gasteiger partial charge in [0, 0.05) is 24.4 Å². The highest BCUT2D eigenvalue weighted by molar-refractivity contribution is 6.31. The minimum Gasteiger partial charge on any atom is -0.471 e. The highest BCUT2D eigenvalue weighted by Crippen LogP contribution is 2.31. The summed E-state index contributed by atoms with van der Waals surface area (Å²) in [5.74, 6) is -0.786. The van der Waals surface area contributed by atoms with E-state index < -0.39 is 25.0 Å². The fraction of sp³-hybridized carbons (Fsp3) is 0.333. The molecule has 2 heterocycles. The van der Waals surface area contributed by atoms with Gasteiger partial charge in [-0.15, -0.1) is 0 Å². The number of aromatic nitrogens is 2. The molecule has 0 saturated heterocycles. The molecule has 2 aromatic rings. The summed E-state index contributed by atoms with van der Waals surface area (Å²) >= 11 is 6.08. The second-order valence-electron chi connectivity index (χ2n) is 5.82. The average Bonchev–Trinajstić information content (AvgIpc) is 2.66. The van der Waals surface area contributed by atoms with E-state index >= 15 is 0 Å². The Kier molecular flexibility index (Phi) is 7.22. The Morgan fingerprint density at radius 3 is 2.61 bits per heavy atom. The number of nitrogens with two attached hydrogens (primary N) is 1. The molecule has 0 saturated carbocycles. The zero-order chi connectivity index (χ0) is 20.8. The van der Waals surface area contributed by atoms with Crippen LogP contribution in [0.5, 0.6) is 5.88 Å². The van der Waals surface area contributed by atoms with E-state index in [1.165, 1.54) is 35.5 Å². The van der Waals surface area contributed by atoms with E-state index in [1.807, 2.05) is 0 Å². The molecule has 7 nitrogen and oxygen atoms in total. The number of nitrogens with zero attached hydrogens (tertiary/aromatic N) is 3. The highest BCUT2D eigenvalue weighted by Gasteiger charge is 2.25. The zero-order valence-corrected chi connectivity index (χ0v) is 16.0. The fourth-order valence-electron chi connectivity index (χ4n) is 2.48. The van der Waals surface area contributed by atoms with Crippen LogP contribution in [0.4, 0.5) is 14.6 Å². The number of carbonyl (C=O) groups excluding carboxylic acids is 2. The number of carbonyl (C=O) groups is 2. The van der Waals surface area contributed by atoms with Crippen molar-refractivity contribution in [2.45, 2.75) is 32.7 Å². The summed E-state index contributed by atoms with van der Waals surface area (Å²) in [4.78, 5) is 33.5. The Morgan fingerprint density at radius 2 is 2.04 bits per heavy atom. The van der Waals surface area contributed by atoms with Gasteiger partial charge < -0.3 is 10.5 Å². The van der Waals surface area contributed by atoms with Crippen molar-refractivity contribution in [1.29, 1.82) is 0 Å². The lowest BCUT2D eigenvalue weighted by molar-refractivity contribution is -0.118. The molecule has 0 bridgehead atoms. The highest BCUT2D eigenvalue weighted by atomic mass is 35.5. The maximum atomic E-state index is 12.5. The first kappa shape index (κ1) is 21.5. The van der Waals surface area contributed by atoms with Crippen LogP contribution in [0.15, 0.2) is 30.6 Å². The number of anilines is 1. The van der Waals surface area contributed by atoms with Gasteiger partial charge in [0.05, 0.1) is 6.04 Å². The van der Waals surface area contributed by atoms with Crippen LogP contribution in [0, 0.1) is 0 Å². The van der Waals surface area contributed by atoms with Crippen molar-refractivity contribution in [1.82, 2.24) is 9.97 Å². The Labute approximate surface area is 165 Å². The summed E-state index contributed by atoms with van der Waals surface area (Å²) < 4.78 is 29.4. The van der Waals surface area contributed by atoms with Crippen molar-refractivity contribution in [3.05, 3.63) is 46.7 Å². The number of ether oxygens (including phenoxy) is 1. The molecular formula is C18H19ClF2N4O3. The van der Waals surface area contributed by atoms with Crippen LogP contribution in [0.2, 0.25) is 5.02 Å². The molecule has 0 aromatic carbocycles. The normalized spacial score (nSPS) is 11.9. The Morgan fingerprint density at radius 1 is 1.32 bits per heavy atom. The lowest BCUT2D eigenvalue weighted by atomic mass is 10.1. The lowest BCUT2D eigenvalue weighted by Gasteiger charge is -2.28. The van der Waals surface area contributed by atoms with Crippen LogP contribution < -0.4 is 15.4 Å². The summed E-state index contributed by atoms with van der Waals surface area (Å²) in [6.45, 7) is 2.58. The Hall–Kier alpha value is -2.81. The van der Waals surface area contributed by atoms with E-state index in [4.69, 9.17) is 22.1 Å². The molecule has 2 rings (SSSR count). The number of hydrogen-bond donors (Lipinski definition) is 1. The molecule has 150 valence electrons. The van der Waals surface area contributed by atoms with Gasteiger partial charge in [-0.1, -0.05) is 18.5 Å². The van der Waals surface area contributed by atoms with E-state index in [0.717, 1.165) is 0 Å². The third kappa shape index (κ3) is 5.13. The van der Waals surface area contributed by atoms with Gasteiger partial charge in [-0.25, -0.2) is 18.7 Å². The van der Waals surface area contributed by atoms with Crippen LogP contribution in [-0.4, -0.2) is 34.8 Å². The number of hydrogen-bond acceptors (Lipinski definition) is 5. The smallest absolute Gasteiger partial charge is 0.272 e. The predicted molar refractivity (Wildman–Crippen MR) is 99.7 cm³/mol. The third-order valence-corrected chi connectivity index (χ3v) is 4.16. The van der Waals surface area contributed by atoms with Gasteiger partial charge in [-0.3, -0.25) is 14.5 Å². The SMILES string of the molecule is CCC(=O)N(c1cc(C(N)=O)ccn1)C(C)c1cnc(OCC(F)F)c(Cl)c1. The van der Waals surface area contributed by atoms with Gasteiger partial charge in [0.2, 0.25) is 17.7 Å². The van der Waals surface area contributed by atoms with Crippen LogP contribution in [0.1, 0.15) is 42.2 Å². The van der Waals surface area contributed by atoms with Crippen molar-refractivity contribution >= 4 is 29.2 Å². The molecule has 1 atom stereocenters.